The maximum absolute atomic E-state index is 13.2. The number of rotatable bonds is 16. The van der Waals surface area contributed by atoms with Crippen LogP contribution in [0.4, 0.5) is 0 Å². The number of aliphatic carboxylic acids is 1. The van der Waals surface area contributed by atoms with Crippen LogP contribution in [0.3, 0.4) is 0 Å². The van der Waals surface area contributed by atoms with Gasteiger partial charge in [0, 0.05) is 13.3 Å². The van der Waals surface area contributed by atoms with Crippen molar-refractivity contribution in [3.63, 3.8) is 0 Å². The van der Waals surface area contributed by atoms with Gasteiger partial charge in [0.2, 0.25) is 23.6 Å². The maximum Gasteiger partial charge on any atom is 0.305 e. The molecule has 0 aliphatic carbocycles. The van der Waals surface area contributed by atoms with E-state index in [1.807, 2.05) is 19.9 Å². The lowest BCUT2D eigenvalue weighted by Gasteiger charge is -2.28. The van der Waals surface area contributed by atoms with Crippen LogP contribution >= 0.6 is 11.6 Å². The van der Waals surface area contributed by atoms with Crippen LogP contribution in [-0.4, -0.2) is 81.7 Å². The SMILES string of the molecule is CC(=O)N[C@@H](Cc1ccccc1)C(=O)N[C@@H](CC(C)C)C(=O)N[C@H](C(=O)N[C@@H](CC(=O)O)C(=O)CCl)[C@@H](C)O. The van der Waals surface area contributed by atoms with Crippen LogP contribution in [0.5, 0.6) is 0 Å². The first-order chi connectivity index (χ1) is 18.2. The lowest BCUT2D eigenvalue weighted by atomic mass is 10.00. The fourth-order valence-corrected chi connectivity index (χ4v) is 3.90. The van der Waals surface area contributed by atoms with Crippen molar-refractivity contribution < 1.29 is 39.0 Å². The Labute approximate surface area is 232 Å². The highest BCUT2D eigenvalue weighted by Crippen LogP contribution is 2.09. The summed E-state index contributed by atoms with van der Waals surface area (Å²) in [6.45, 7) is 6.12. The van der Waals surface area contributed by atoms with Gasteiger partial charge in [0.25, 0.3) is 0 Å². The third-order valence-electron chi connectivity index (χ3n) is 5.59. The number of carbonyl (C=O) groups excluding carboxylic acids is 5. The Hall–Kier alpha value is -3.51. The van der Waals surface area contributed by atoms with Gasteiger partial charge < -0.3 is 31.5 Å². The zero-order valence-electron chi connectivity index (χ0n) is 22.4. The van der Waals surface area contributed by atoms with E-state index >= 15 is 0 Å². The number of benzene rings is 1. The van der Waals surface area contributed by atoms with Crippen molar-refractivity contribution in [1.29, 1.82) is 0 Å². The van der Waals surface area contributed by atoms with Crippen LogP contribution in [0, 0.1) is 5.92 Å². The first-order valence-corrected chi connectivity index (χ1v) is 13.0. The summed E-state index contributed by atoms with van der Waals surface area (Å²) in [6, 6.07) is 3.81. The van der Waals surface area contributed by atoms with E-state index in [1.54, 1.807) is 24.3 Å². The average molecular weight is 569 g/mol. The van der Waals surface area contributed by atoms with E-state index in [4.69, 9.17) is 16.7 Å². The highest BCUT2D eigenvalue weighted by atomic mass is 35.5. The van der Waals surface area contributed by atoms with Gasteiger partial charge in [0.05, 0.1) is 24.4 Å². The number of amides is 4. The molecular formula is C26H37ClN4O8. The second kappa shape index (κ2) is 16.5. The molecule has 6 N–H and O–H groups in total. The summed E-state index contributed by atoms with van der Waals surface area (Å²) >= 11 is 5.51. The molecule has 4 amide bonds. The van der Waals surface area contributed by atoms with Crippen molar-refractivity contribution in [2.45, 2.75) is 77.2 Å². The second-order valence-electron chi connectivity index (χ2n) is 9.62. The summed E-state index contributed by atoms with van der Waals surface area (Å²) in [6.07, 6.45) is -1.85. The highest BCUT2D eigenvalue weighted by molar-refractivity contribution is 6.28. The van der Waals surface area contributed by atoms with Gasteiger partial charge in [0.1, 0.15) is 18.1 Å². The van der Waals surface area contributed by atoms with Crippen LogP contribution in [-0.2, 0) is 35.2 Å². The molecule has 0 fully saturated rings. The van der Waals surface area contributed by atoms with Crippen LogP contribution in [0.2, 0.25) is 0 Å². The van der Waals surface area contributed by atoms with Crippen LogP contribution in [0.15, 0.2) is 30.3 Å². The Bertz CT molecular complexity index is 1020. The van der Waals surface area contributed by atoms with Crippen LogP contribution < -0.4 is 21.3 Å². The average Bonchev–Trinajstić information content (AvgIpc) is 2.84. The predicted octanol–water partition coefficient (Wildman–Crippen LogP) is -0.102. The number of aliphatic hydroxyl groups is 1. The first kappa shape index (κ1) is 33.5. The Morgan fingerprint density at radius 2 is 1.38 bits per heavy atom. The third kappa shape index (κ3) is 12.3. The van der Waals surface area contributed by atoms with E-state index in [1.165, 1.54) is 13.8 Å². The fourth-order valence-electron chi connectivity index (χ4n) is 3.71. The molecule has 0 spiro atoms. The lowest BCUT2D eigenvalue weighted by Crippen LogP contribution is -2.60. The number of carbonyl (C=O) groups is 6. The molecule has 5 atom stereocenters. The molecule has 1 aromatic rings. The molecule has 0 bridgehead atoms. The minimum Gasteiger partial charge on any atom is -0.481 e. The van der Waals surface area contributed by atoms with Gasteiger partial charge in [-0.15, -0.1) is 11.6 Å². The minimum absolute atomic E-state index is 0.0745. The number of Topliss-reactive ketones (excluding diaryl/α,β-unsaturated/α-hetero) is 1. The number of alkyl halides is 1. The number of ketones is 1. The number of aliphatic hydroxyl groups excluding tert-OH is 1. The Kier molecular flexibility index (Phi) is 14.1. The van der Waals surface area contributed by atoms with Gasteiger partial charge in [-0.25, -0.2) is 0 Å². The Balaban J connectivity index is 3.09. The molecular weight excluding hydrogens is 532 g/mol. The molecule has 0 aliphatic heterocycles. The molecule has 12 nitrogen and oxygen atoms in total. The summed E-state index contributed by atoms with van der Waals surface area (Å²) in [7, 11) is 0. The van der Waals surface area contributed by atoms with Crippen molar-refractivity contribution >= 4 is 47.0 Å². The van der Waals surface area contributed by atoms with Crippen LogP contribution in [0.25, 0.3) is 0 Å². The van der Waals surface area contributed by atoms with E-state index in [-0.39, 0.29) is 18.8 Å². The Morgan fingerprint density at radius 1 is 0.821 bits per heavy atom. The van der Waals surface area contributed by atoms with Crippen molar-refractivity contribution in [1.82, 2.24) is 21.3 Å². The number of hydrogen-bond donors (Lipinski definition) is 6. The zero-order chi connectivity index (χ0) is 29.7. The summed E-state index contributed by atoms with van der Waals surface area (Å²) in [5.74, 6) is -5.60. The number of carboxylic acids is 1. The van der Waals surface area contributed by atoms with E-state index < -0.39 is 78.0 Å². The molecule has 0 unspecified atom stereocenters. The standard InChI is InChI=1S/C26H37ClN4O8/c1-14(2)10-19(30-24(37)20(28-16(4)33)11-17-8-6-5-7-9-17)25(38)31-23(15(3)32)26(39)29-18(12-22(35)36)21(34)13-27/h5-9,14-15,18-20,23,32H,10-13H2,1-4H3,(H,28,33)(H,29,39)(H,30,37)(H,31,38)(H,35,36)/t15-,18+,19+,20+,23+/m1/s1. The largest absolute Gasteiger partial charge is 0.481 e. The predicted molar refractivity (Wildman–Crippen MR) is 143 cm³/mol. The van der Waals surface area contributed by atoms with E-state index in [9.17, 15) is 33.9 Å². The quantitative estimate of drug-likeness (QED) is 0.149. The molecule has 1 aromatic carbocycles. The first-order valence-electron chi connectivity index (χ1n) is 12.5. The van der Waals surface area contributed by atoms with Gasteiger partial charge in [-0.1, -0.05) is 44.2 Å². The van der Waals surface area contributed by atoms with E-state index in [2.05, 4.69) is 21.3 Å². The van der Waals surface area contributed by atoms with Gasteiger partial charge >= 0.3 is 5.97 Å². The molecule has 1 rings (SSSR count). The fraction of sp³-hybridized carbons (Fsp3) is 0.538. The molecule has 0 saturated heterocycles. The molecule has 0 aliphatic rings. The second-order valence-corrected chi connectivity index (χ2v) is 9.89. The molecule has 0 aromatic heterocycles. The summed E-state index contributed by atoms with van der Waals surface area (Å²) < 4.78 is 0. The van der Waals surface area contributed by atoms with Gasteiger partial charge in [0.15, 0.2) is 5.78 Å². The molecule has 0 saturated carbocycles. The monoisotopic (exact) mass is 568 g/mol. The zero-order valence-corrected chi connectivity index (χ0v) is 23.2. The van der Waals surface area contributed by atoms with E-state index in [0.29, 0.717) is 0 Å². The van der Waals surface area contributed by atoms with Gasteiger partial charge in [-0.3, -0.25) is 28.8 Å². The summed E-state index contributed by atoms with van der Waals surface area (Å²) in [4.78, 5) is 74.0. The lowest BCUT2D eigenvalue weighted by molar-refractivity contribution is -0.140. The minimum atomic E-state index is -1.57. The van der Waals surface area contributed by atoms with Crippen molar-refractivity contribution in [2.75, 3.05) is 5.88 Å². The molecule has 0 heterocycles. The summed E-state index contributed by atoms with van der Waals surface area (Å²) in [5.41, 5.74) is 0.782. The summed E-state index contributed by atoms with van der Waals surface area (Å²) in [5, 5.41) is 29.0. The van der Waals surface area contributed by atoms with E-state index in [0.717, 1.165) is 5.56 Å². The number of nitrogens with one attached hydrogen (secondary N) is 4. The van der Waals surface area contributed by atoms with Gasteiger partial charge in [-0.05, 0) is 24.8 Å². The number of halogens is 1. The molecule has 13 heteroatoms. The maximum atomic E-state index is 13.2. The van der Waals surface area contributed by atoms with Gasteiger partial charge in [-0.2, -0.15) is 0 Å². The normalized spacial score (nSPS) is 14.7. The Morgan fingerprint density at radius 3 is 1.87 bits per heavy atom. The number of carboxylic acid groups (broad SMARTS) is 1. The molecule has 0 radical (unpaired) electrons. The van der Waals surface area contributed by atoms with Crippen molar-refractivity contribution in [3.8, 4) is 0 Å². The number of hydrogen-bond acceptors (Lipinski definition) is 7. The van der Waals surface area contributed by atoms with Crippen molar-refractivity contribution in [3.05, 3.63) is 35.9 Å². The third-order valence-corrected chi connectivity index (χ3v) is 5.86. The molecule has 39 heavy (non-hydrogen) atoms. The molecule has 216 valence electrons. The van der Waals surface area contributed by atoms with Crippen LogP contribution in [0.1, 0.15) is 46.1 Å². The topological polar surface area (TPSA) is 191 Å². The van der Waals surface area contributed by atoms with Crippen molar-refractivity contribution in [2.24, 2.45) is 5.92 Å². The highest BCUT2D eigenvalue weighted by Gasteiger charge is 2.34. The smallest absolute Gasteiger partial charge is 0.305 e.